The molecule has 0 radical (unpaired) electrons. The molecule has 0 aromatic rings. The summed E-state index contributed by atoms with van der Waals surface area (Å²) in [4.78, 5) is 22.9. The van der Waals surface area contributed by atoms with Crippen molar-refractivity contribution in [1.29, 1.82) is 0 Å². The van der Waals surface area contributed by atoms with E-state index < -0.39 is 12.1 Å². The molecule has 142 valence electrons. The van der Waals surface area contributed by atoms with E-state index in [1.165, 1.54) is 38.5 Å². The van der Waals surface area contributed by atoms with E-state index in [-0.39, 0.29) is 12.5 Å². The zero-order valence-electron chi connectivity index (χ0n) is 15.5. The molecule has 0 bridgehead atoms. The Morgan fingerprint density at radius 3 is 1.96 bits per heavy atom. The van der Waals surface area contributed by atoms with Gasteiger partial charge in [0.15, 0.2) is 0 Å². The highest BCUT2D eigenvalue weighted by atomic mass is 16.4. The summed E-state index contributed by atoms with van der Waals surface area (Å²) in [5.41, 5.74) is 0. The number of carbonyl (C=O) groups excluding carboxylic acids is 1. The fourth-order valence-electron chi connectivity index (χ4n) is 2.52. The fourth-order valence-corrected chi connectivity index (χ4v) is 2.52. The van der Waals surface area contributed by atoms with E-state index in [1.807, 2.05) is 0 Å². The molecule has 0 saturated heterocycles. The number of rotatable bonds is 16. The number of amides is 2. The Balaban J connectivity index is 3.98. The van der Waals surface area contributed by atoms with E-state index in [1.54, 1.807) is 0 Å². The fraction of sp³-hybridized carbons (Fsp3) is 0.889. The third kappa shape index (κ3) is 14.3. The standard InChI is InChI=1S/C18H37N3O3/c1-3-5-7-9-10-12-13-19-16(15-21-18(23)24)17(22)20-14-11-8-6-4-2/h16,19,21H,3-15H2,1-2H3,(H,20,22)(H,23,24)/t16-/m0/s1. The molecule has 0 fully saturated rings. The van der Waals surface area contributed by atoms with E-state index >= 15 is 0 Å². The maximum Gasteiger partial charge on any atom is 0.404 e. The molecule has 0 heterocycles. The van der Waals surface area contributed by atoms with Crippen LogP contribution in [0.2, 0.25) is 0 Å². The number of carboxylic acid groups (broad SMARTS) is 1. The van der Waals surface area contributed by atoms with E-state index in [4.69, 9.17) is 5.11 Å². The second kappa shape index (κ2) is 16.6. The van der Waals surface area contributed by atoms with Crippen LogP contribution in [-0.2, 0) is 4.79 Å². The summed E-state index contributed by atoms with van der Waals surface area (Å²) in [5.74, 6) is -0.119. The van der Waals surface area contributed by atoms with Gasteiger partial charge in [-0.1, -0.05) is 65.2 Å². The maximum atomic E-state index is 12.2. The maximum absolute atomic E-state index is 12.2. The lowest BCUT2D eigenvalue weighted by molar-refractivity contribution is -0.123. The number of hydrogen-bond donors (Lipinski definition) is 4. The second-order valence-corrected chi connectivity index (χ2v) is 6.31. The van der Waals surface area contributed by atoms with E-state index in [0.717, 1.165) is 32.2 Å². The minimum atomic E-state index is -1.10. The highest BCUT2D eigenvalue weighted by molar-refractivity contribution is 5.82. The van der Waals surface area contributed by atoms with Gasteiger partial charge in [0.2, 0.25) is 5.91 Å². The summed E-state index contributed by atoms with van der Waals surface area (Å²) in [6.45, 7) is 5.84. The summed E-state index contributed by atoms with van der Waals surface area (Å²) in [5, 5.41) is 17.1. The smallest absolute Gasteiger partial charge is 0.404 e. The first-order valence-corrected chi connectivity index (χ1v) is 9.59. The predicted molar refractivity (Wildman–Crippen MR) is 98.3 cm³/mol. The molecule has 1 atom stereocenters. The first-order valence-electron chi connectivity index (χ1n) is 9.59. The Labute approximate surface area is 147 Å². The van der Waals surface area contributed by atoms with Gasteiger partial charge in [0.25, 0.3) is 0 Å². The molecule has 0 saturated carbocycles. The van der Waals surface area contributed by atoms with Gasteiger partial charge in [-0.3, -0.25) is 4.79 Å². The number of carbonyl (C=O) groups is 2. The minimum Gasteiger partial charge on any atom is -0.465 e. The third-order valence-corrected chi connectivity index (χ3v) is 4.02. The van der Waals surface area contributed by atoms with Crippen LogP contribution in [0.25, 0.3) is 0 Å². The predicted octanol–water partition coefficient (Wildman–Crippen LogP) is 3.27. The van der Waals surface area contributed by atoms with E-state index in [9.17, 15) is 9.59 Å². The van der Waals surface area contributed by atoms with Crippen molar-refractivity contribution in [2.45, 2.75) is 84.1 Å². The molecule has 24 heavy (non-hydrogen) atoms. The van der Waals surface area contributed by atoms with Crippen LogP contribution >= 0.6 is 0 Å². The van der Waals surface area contributed by atoms with Crippen LogP contribution in [-0.4, -0.2) is 42.8 Å². The van der Waals surface area contributed by atoms with E-state index in [2.05, 4.69) is 29.8 Å². The van der Waals surface area contributed by atoms with Crippen molar-refractivity contribution in [1.82, 2.24) is 16.0 Å². The van der Waals surface area contributed by atoms with Crippen LogP contribution in [0.4, 0.5) is 4.79 Å². The minimum absolute atomic E-state index is 0.103. The average Bonchev–Trinajstić information content (AvgIpc) is 2.56. The average molecular weight is 344 g/mol. The summed E-state index contributed by atoms with van der Waals surface area (Å²) < 4.78 is 0. The molecule has 0 aliphatic rings. The van der Waals surface area contributed by atoms with Gasteiger partial charge in [0.1, 0.15) is 6.04 Å². The normalized spacial score (nSPS) is 11.9. The molecule has 4 N–H and O–H groups in total. The van der Waals surface area contributed by atoms with Crippen molar-refractivity contribution >= 4 is 12.0 Å². The molecule has 6 heteroatoms. The molecule has 0 aliphatic carbocycles. The Morgan fingerprint density at radius 1 is 0.792 bits per heavy atom. The van der Waals surface area contributed by atoms with Gasteiger partial charge < -0.3 is 21.1 Å². The van der Waals surface area contributed by atoms with Gasteiger partial charge in [0.05, 0.1) is 0 Å². The van der Waals surface area contributed by atoms with E-state index in [0.29, 0.717) is 6.54 Å². The Hall–Kier alpha value is -1.30. The Kier molecular flexibility index (Phi) is 15.7. The molecular formula is C18H37N3O3. The summed E-state index contributed by atoms with van der Waals surface area (Å²) in [6, 6.07) is -0.497. The molecule has 0 aliphatic heterocycles. The van der Waals surface area contributed by atoms with Crippen molar-refractivity contribution in [3.8, 4) is 0 Å². The molecule has 0 aromatic heterocycles. The lowest BCUT2D eigenvalue weighted by atomic mass is 10.1. The van der Waals surface area contributed by atoms with Crippen molar-refractivity contribution in [2.24, 2.45) is 0 Å². The summed E-state index contributed by atoms with van der Waals surface area (Å²) >= 11 is 0. The monoisotopic (exact) mass is 343 g/mol. The van der Waals surface area contributed by atoms with Gasteiger partial charge in [-0.05, 0) is 19.4 Å². The van der Waals surface area contributed by atoms with Gasteiger partial charge in [-0.15, -0.1) is 0 Å². The van der Waals surface area contributed by atoms with Crippen LogP contribution < -0.4 is 16.0 Å². The van der Waals surface area contributed by atoms with Crippen molar-refractivity contribution in [3.05, 3.63) is 0 Å². The van der Waals surface area contributed by atoms with Crippen molar-refractivity contribution in [3.63, 3.8) is 0 Å². The topological polar surface area (TPSA) is 90.5 Å². The zero-order valence-corrected chi connectivity index (χ0v) is 15.5. The van der Waals surface area contributed by atoms with Gasteiger partial charge in [-0.2, -0.15) is 0 Å². The van der Waals surface area contributed by atoms with Crippen LogP contribution in [0.3, 0.4) is 0 Å². The van der Waals surface area contributed by atoms with Gasteiger partial charge in [-0.25, -0.2) is 4.79 Å². The molecule has 0 rings (SSSR count). The molecule has 6 nitrogen and oxygen atoms in total. The highest BCUT2D eigenvalue weighted by Gasteiger charge is 2.17. The van der Waals surface area contributed by atoms with Crippen molar-refractivity contribution in [2.75, 3.05) is 19.6 Å². The first kappa shape index (κ1) is 22.7. The van der Waals surface area contributed by atoms with Crippen LogP contribution in [0.15, 0.2) is 0 Å². The zero-order chi connectivity index (χ0) is 18.0. The second-order valence-electron chi connectivity index (χ2n) is 6.31. The third-order valence-electron chi connectivity index (χ3n) is 4.02. The Bertz CT molecular complexity index is 325. The lowest BCUT2D eigenvalue weighted by Gasteiger charge is -2.18. The number of hydrogen-bond acceptors (Lipinski definition) is 3. The first-order chi connectivity index (χ1) is 11.6. The largest absolute Gasteiger partial charge is 0.465 e. The van der Waals surface area contributed by atoms with Gasteiger partial charge >= 0.3 is 6.09 Å². The van der Waals surface area contributed by atoms with Gasteiger partial charge in [0, 0.05) is 13.1 Å². The summed E-state index contributed by atoms with van der Waals surface area (Å²) in [6.07, 6.45) is 10.5. The quantitative estimate of drug-likeness (QED) is 0.324. The van der Waals surface area contributed by atoms with Crippen LogP contribution in [0.1, 0.15) is 78.1 Å². The lowest BCUT2D eigenvalue weighted by Crippen LogP contribution is -2.51. The molecular weight excluding hydrogens is 306 g/mol. The number of nitrogens with one attached hydrogen (secondary N) is 3. The van der Waals surface area contributed by atoms with Crippen molar-refractivity contribution < 1.29 is 14.7 Å². The molecule has 2 amide bonds. The molecule has 0 aromatic carbocycles. The Morgan fingerprint density at radius 2 is 1.33 bits per heavy atom. The number of unbranched alkanes of at least 4 members (excludes halogenated alkanes) is 8. The molecule has 0 spiro atoms. The van der Waals surface area contributed by atoms with Crippen LogP contribution in [0, 0.1) is 0 Å². The highest BCUT2D eigenvalue weighted by Crippen LogP contribution is 2.04. The summed E-state index contributed by atoms with van der Waals surface area (Å²) in [7, 11) is 0. The molecule has 0 unspecified atom stereocenters. The van der Waals surface area contributed by atoms with Crippen LogP contribution in [0.5, 0.6) is 0 Å². The SMILES string of the molecule is CCCCCCCCN[C@@H](CNC(=O)O)C(=O)NCCCCCC.